The van der Waals surface area contributed by atoms with Crippen LogP contribution in [0.15, 0.2) is 48.5 Å². The molecular formula is C16H16BrClO. The lowest BCUT2D eigenvalue weighted by Crippen LogP contribution is -2.07. The average molecular weight is 340 g/mol. The number of rotatable bonds is 5. The zero-order valence-corrected chi connectivity index (χ0v) is 13.1. The van der Waals surface area contributed by atoms with E-state index >= 15 is 0 Å². The summed E-state index contributed by atoms with van der Waals surface area (Å²) < 4.78 is 5.99. The minimum Gasteiger partial charge on any atom is -0.368 e. The van der Waals surface area contributed by atoms with Gasteiger partial charge in [0.05, 0.1) is 12.7 Å². The number of aryl methyl sites for hydroxylation is 1. The Balaban J connectivity index is 2.06. The fourth-order valence-electron chi connectivity index (χ4n) is 1.99. The minimum absolute atomic E-state index is 0.0557. The normalized spacial score (nSPS) is 12.4. The van der Waals surface area contributed by atoms with Crippen LogP contribution in [-0.4, -0.2) is 5.33 Å². The molecule has 0 N–H and O–H groups in total. The summed E-state index contributed by atoms with van der Waals surface area (Å²) in [6, 6.07) is 16.1. The SMILES string of the molecule is Cc1ccccc1C(CBr)OCc1cccc(Cl)c1. The molecule has 0 heterocycles. The van der Waals surface area contributed by atoms with Crippen LogP contribution < -0.4 is 0 Å². The highest BCUT2D eigenvalue weighted by molar-refractivity contribution is 9.09. The minimum atomic E-state index is 0.0557. The van der Waals surface area contributed by atoms with E-state index in [2.05, 4.69) is 35.0 Å². The topological polar surface area (TPSA) is 9.23 Å². The molecule has 1 nitrogen and oxygen atoms in total. The monoisotopic (exact) mass is 338 g/mol. The molecule has 0 radical (unpaired) electrons. The smallest absolute Gasteiger partial charge is 0.0928 e. The van der Waals surface area contributed by atoms with Gasteiger partial charge in [-0.2, -0.15) is 0 Å². The molecule has 0 aliphatic heterocycles. The standard InChI is InChI=1S/C16H16BrClO/c1-12-5-2-3-8-15(12)16(10-17)19-11-13-6-4-7-14(18)9-13/h2-9,16H,10-11H2,1H3. The molecule has 2 aromatic rings. The third kappa shape index (κ3) is 4.07. The van der Waals surface area contributed by atoms with Crippen molar-refractivity contribution in [1.29, 1.82) is 0 Å². The van der Waals surface area contributed by atoms with E-state index in [0.717, 1.165) is 15.9 Å². The van der Waals surface area contributed by atoms with Crippen molar-refractivity contribution >= 4 is 27.5 Å². The highest BCUT2D eigenvalue weighted by Crippen LogP contribution is 2.24. The molecule has 0 amide bonds. The molecule has 3 heteroatoms. The van der Waals surface area contributed by atoms with Crippen LogP contribution in [0.25, 0.3) is 0 Å². The van der Waals surface area contributed by atoms with Crippen molar-refractivity contribution in [2.45, 2.75) is 19.6 Å². The Labute approximate surface area is 127 Å². The van der Waals surface area contributed by atoms with E-state index in [0.29, 0.717) is 6.61 Å². The van der Waals surface area contributed by atoms with Crippen molar-refractivity contribution in [3.63, 3.8) is 0 Å². The van der Waals surface area contributed by atoms with Gasteiger partial charge in [-0.25, -0.2) is 0 Å². The number of alkyl halides is 1. The van der Waals surface area contributed by atoms with Gasteiger partial charge in [-0.3, -0.25) is 0 Å². The van der Waals surface area contributed by atoms with E-state index in [1.807, 2.05) is 36.4 Å². The van der Waals surface area contributed by atoms with E-state index in [4.69, 9.17) is 16.3 Å². The average Bonchev–Trinajstić information content (AvgIpc) is 2.41. The molecule has 1 atom stereocenters. The molecular weight excluding hydrogens is 324 g/mol. The molecule has 100 valence electrons. The van der Waals surface area contributed by atoms with E-state index in [1.165, 1.54) is 11.1 Å². The Morgan fingerprint density at radius 2 is 1.95 bits per heavy atom. The summed E-state index contributed by atoms with van der Waals surface area (Å²) in [5, 5.41) is 1.52. The molecule has 0 aromatic heterocycles. The molecule has 0 aliphatic rings. The summed E-state index contributed by atoms with van der Waals surface area (Å²) in [5.41, 5.74) is 3.56. The van der Waals surface area contributed by atoms with Gasteiger partial charge in [-0.1, -0.05) is 63.9 Å². The third-order valence-corrected chi connectivity index (χ3v) is 3.84. The van der Waals surface area contributed by atoms with Crippen LogP contribution in [0.4, 0.5) is 0 Å². The Morgan fingerprint density at radius 3 is 2.63 bits per heavy atom. The Kier molecular flexibility index (Phi) is 5.44. The number of ether oxygens (including phenoxy) is 1. The first kappa shape index (κ1) is 14.6. The molecule has 0 saturated carbocycles. The quantitative estimate of drug-likeness (QED) is 0.672. The van der Waals surface area contributed by atoms with E-state index in [9.17, 15) is 0 Å². The van der Waals surface area contributed by atoms with Gasteiger partial charge in [-0.15, -0.1) is 0 Å². The van der Waals surface area contributed by atoms with Crippen molar-refractivity contribution in [3.8, 4) is 0 Å². The van der Waals surface area contributed by atoms with E-state index in [-0.39, 0.29) is 6.10 Å². The molecule has 2 aromatic carbocycles. The van der Waals surface area contributed by atoms with Crippen molar-refractivity contribution in [1.82, 2.24) is 0 Å². The van der Waals surface area contributed by atoms with Gasteiger partial charge >= 0.3 is 0 Å². The summed E-state index contributed by atoms with van der Waals surface area (Å²) in [4.78, 5) is 0. The second-order valence-electron chi connectivity index (χ2n) is 4.44. The lowest BCUT2D eigenvalue weighted by atomic mass is 10.0. The molecule has 0 saturated heterocycles. The largest absolute Gasteiger partial charge is 0.368 e. The maximum Gasteiger partial charge on any atom is 0.0928 e. The molecule has 0 fully saturated rings. The van der Waals surface area contributed by atoms with Crippen LogP contribution in [0.3, 0.4) is 0 Å². The number of hydrogen-bond acceptors (Lipinski definition) is 1. The van der Waals surface area contributed by atoms with Crippen molar-refractivity contribution in [3.05, 3.63) is 70.2 Å². The zero-order chi connectivity index (χ0) is 13.7. The predicted octanol–water partition coefficient (Wildman–Crippen LogP) is 5.30. The number of halogens is 2. The first-order valence-electron chi connectivity index (χ1n) is 6.18. The molecule has 0 aliphatic carbocycles. The fraction of sp³-hybridized carbons (Fsp3) is 0.250. The third-order valence-electron chi connectivity index (χ3n) is 3.02. The van der Waals surface area contributed by atoms with Crippen LogP contribution in [0.2, 0.25) is 5.02 Å². The predicted molar refractivity (Wildman–Crippen MR) is 84.0 cm³/mol. The van der Waals surface area contributed by atoms with Gasteiger partial charge in [0.25, 0.3) is 0 Å². The van der Waals surface area contributed by atoms with Gasteiger partial charge in [-0.05, 0) is 35.7 Å². The molecule has 19 heavy (non-hydrogen) atoms. The highest BCUT2D eigenvalue weighted by Gasteiger charge is 2.12. The molecule has 0 spiro atoms. The van der Waals surface area contributed by atoms with Crippen LogP contribution in [0.1, 0.15) is 22.8 Å². The molecule has 1 unspecified atom stereocenters. The lowest BCUT2D eigenvalue weighted by Gasteiger charge is -2.18. The first-order chi connectivity index (χ1) is 9.20. The maximum absolute atomic E-state index is 5.99. The fourth-order valence-corrected chi connectivity index (χ4v) is 2.74. The second kappa shape index (κ2) is 7.09. The summed E-state index contributed by atoms with van der Waals surface area (Å²) in [6.07, 6.45) is 0.0557. The van der Waals surface area contributed by atoms with Gasteiger partial charge in [0.2, 0.25) is 0 Å². The Hall–Kier alpha value is -0.830. The number of benzene rings is 2. The summed E-state index contributed by atoms with van der Waals surface area (Å²) in [5.74, 6) is 0. The summed E-state index contributed by atoms with van der Waals surface area (Å²) in [7, 11) is 0. The van der Waals surface area contributed by atoms with Crippen LogP contribution in [-0.2, 0) is 11.3 Å². The molecule has 0 bridgehead atoms. The van der Waals surface area contributed by atoms with Crippen LogP contribution >= 0.6 is 27.5 Å². The van der Waals surface area contributed by atoms with Crippen LogP contribution in [0, 0.1) is 6.92 Å². The van der Waals surface area contributed by atoms with Crippen molar-refractivity contribution in [2.75, 3.05) is 5.33 Å². The number of hydrogen-bond donors (Lipinski definition) is 0. The van der Waals surface area contributed by atoms with E-state index < -0.39 is 0 Å². The van der Waals surface area contributed by atoms with Gasteiger partial charge < -0.3 is 4.74 Å². The zero-order valence-electron chi connectivity index (χ0n) is 10.8. The summed E-state index contributed by atoms with van der Waals surface area (Å²) >= 11 is 9.50. The van der Waals surface area contributed by atoms with Gasteiger partial charge in [0.1, 0.15) is 0 Å². The Bertz CT molecular complexity index is 542. The second-order valence-corrected chi connectivity index (χ2v) is 5.52. The lowest BCUT2D eigenvalue weighted by molar-refractivity contribution is 0.0562. The Morgan fingerprint density at radius 1 is 1.16 bits per heavy atom. The van der Waals surface area contributed by atoms with Crippen molar-refractivity contribution in [2.24, 2.45) is 0 Å². The van der Waals surface area contributed by atoms with Crippen LogP contribution in [0.5, 0.6) is 0 Å². The van der Waals surface area contributed by atoms with Crippen molar-refractivity contribution < 1.29 is 4.74 Å². The first-order valence-corrected chi connectivity index (χ1v) is 7.68. The highest BCUT2D eigenvalue weighted by atomic mass is 79.9. The molecule has 2 rings (SSSR count). The van der Waals surface area contributed by atoms with Gasteiger partial charge in [0.15, 0.2) is 0 Å². The maximum atomic E-state index is 5.99. The van der Waals surface area contributed by atoms with Gasteiger partial charge in [0, 0.05) is 10.4 Å². The summed E-state index contributed by atoms with van der Waals surface area (Å²) in [6.45, 7) is 2.67. The van der Waals surface area contributed by atoms with E-state index in [1.54, 1.807) is 0 Å².